The van der Waals surface area contributed by atoms with E-state index in [9.17, 15) is 18.0 Å². The van der Waals surface area contributed by atoms with Gasteiger partial charge in [0.1, 0.15) is 0 Å². The van der Waals surface area contributed by atoms with Gasteiger partial charge in [-0.15, -0.1) is 0 Å². The van der Waals surface area contributed by atoms with Crippen LogP contribution in [-0.2, 0) is 9.53 Å². The molecule has 0 radical (unpaired) electrons. The van der Waals surface area contributed by atoms with Gasteiger partial charge in [0, 0.05) is 0 Å². The third kappa shape index (κ3) is 5.94. The van der Waals surface area contributed by atoms with E-state index in [1.165, 1.54) is 0 Å². The molecule has 2 atom stereocenters. The van der Waals surface area contributed by atoms with Crippen molar-refractivity contribution in [3.63, 3.8) is 0 Å². The number of alkyl halides is 3. The van der Waals surface area contributed by atoms with Gasteiger partial charge in [0.15, 0.2) is 0 Å². The van der Waals surface area contributed by atoms with Gasteiger partial charge in [0.25, 0.3) is 0 Å². The Hall–Kier alpha value is -0.740. The van der Waals surface area contributed by atoms with Crippen molar-refractivity contribution >= 4 is 5.97 Å². The van der Waals surface area contributed by atoms with E-state index in [4.69, 9.17) is 4.74 Å². The number of hydrogen-bond donors (Lipinski definition) is 0. The van der Waals surface area contributed by atoms with Crippen molar-refractivity contribution < 1.29 is 22.7 Å². The summed E-state index contributed by atoms with van der Waals surface area (Å²) in [5, 5.41) is 0. The molecule has 0 aliphatic heterocycles. The minimum absolute atomic E-state index is 0.208. The maximum absolute atomic E-state index is 12.6. The zero-order valence-corrected chi connectivity index (χ0v) is 10.6. The van der Waals surface area contributed by atoms with E-state index in [0.717, 1.165) is 13.3 Å². The Morgan fingerprint density at radius 2 is 1.82 bits per heavy atom. The molecule has 0 aromatic rings. The molecule has 2 unspecified atom stereocenters. The van der Waals surface area contributed by atoms with E-state index in [1.807, 2.05) is 6.92 Å². The monoisotopic (exact) mass is 254 g/mol. The van der Waals surface area contributed by atoms with Crippen molar-refractivity contribution in [2.24, 2.45) is 11.8 Å². The fourth-order valence-electron chi connectivity index (χ4n) is 1.54. The number of ether oxygens (including phenoxy) is 1. The highest BCUT2D eigenvalue weighted by Gasteiger charge is 2.44. The molecule has 102 valence electrons. The van der Waals surface area contributed by atoms with Crippen LogP contribution in [0.4, 0.5) is 13.2 Å². The SMILES string of the molecule is CCCCOC(=O)C(CCC)C(C)C(F)(F)F. The number of unbranched alkanes of at least 4 members (excludes halogenated alkanes) is 1. The molecule has 0 saturated heterocycles. The lowest BCUT2D eigenvalue weighted by Crippen LogP contribution is -2.34. The quantitative estimate of drug-likeness (QED) is 0.508. The molecule has 0 heterocycles. The van der Waals surface area contributed by atoms with Gasteiger partial charge in [-0.1, -0.05) is 33.6 Å². The molecular formula is C12H21F3O2. The Balaban J connectivity index is 4.45. The molecule has 17 heavy (non-hydrogen) atoms. The third-order valence-corrected chi connectivity index (χ3v) is 2.76. The van der Waals surface area contributed by atoms with Gasteiger partial charge in [0.05, 0.1) is 18.4 Å². The van der Waals surface area contributed by atoms with Crippen molar-refractivity contribution in [3.8, 4) is 0 Å². The summed E-state index contributed by atoms with van der Waals surface area (Å²) in [4.78, 5) is 11.6. The lowest BCUT2D eigenvalue weighted by atomic mass is 9.89. The molecule has 0 fully saturated rings. The van der Waals surface area contributed by atoms with E-state index in [0.29, 0.717) is 12.8 Å². The maximum Gasteiger partial charge on any atom is 0.392 e. The highest BCUT2D eigenvalue weighted by molar-refractivity contribution is 5.72. The highest BCUT2D eigenvalue weighted by Crippen LogP contribution is 2.34. The summed E-state index contributed by atoms with van der Waals surface area (Å²) in [6, 6.07) is 0. The Morgan fingerprint density at radius 3 is 2.24 bits per heavy atom. The van der Waals surface area contributed by atoms with Crippen LogP contribution in [0.5, 0.6) is 0 Å². The van der Waals surface area contributed by atoms with Crippen molar-refractivity contribution in [3.05, 3.63) is 0 Å². The summed E-state index contributed by atoms with van der Waals surface area (Å²) < 4.78 is 42.6. The molecule has 0 N–H and O–H groups in total. The van der Waals surface area contributed by atoms with Crippen LogP contribution in [0.3, 0.4) is 0 Å². The predicted molar refractivity (Wildman–Crippen MR) is 59.5 cm³/mol. The second-order valence-corrected chi connectivity index (χ2v) is 4.25. The van der Waals surface area contributed by atoms with Gasteiger partial charge >= 0.3 is 12.1 Å². The number of carbonyl (C=O) groups excluding carboxylic acids is 1. The largest absolute Gasteiger partial charge is 0.465 e. The maximum atomic E-state index is 12.6. The second kappa shape index (κ2) is 7.56. The van der Waals surface area contributed by atoms with E-state index < -0.39 is 24.0 Å². The number of carbonyl (C=O) groups is 1. The van der Waals surface area contributed by atoms with Crippen LogP contribution in [0.25, 0.3) is 0 Å². The van der Waals surface area contributed by atoms with Crippen LogP contribution < -0.4 is 0 Å². The van der Waals surface area contributed by atoms with Crippen LogP contribution in [0, 0.1) is 11.8 Å². The molecule has 0 aromatic carbocycles. The van der Waals surface area contributed by atoms with Gasteiger partial charge < -0.3 is 4.74 Å². The number of esters is 1. The summed E-state index contributed by atoms with van der Waals surface area (Å²) in [5.74, 6) is -3.43. The average molecular weight is 254 g/mol. The van der Waals surface area contributed by atoms with Gasteiger partial charge in [-0.2, -0.15) is 13.2 Å². The molecular weight excluding hydrogens is 233 g/mol. The topological polar surface area (TPSA) is 26.3 Å². The average Bonchev–Trinajstić information content (AvgIpc) is 2.23. The van der Waals surface area contributed by atoms with Crippen LogP contribution in [0.15, 0.2) is 0 Å². The zero-order chi connectivity index (χ0) is 13.5. The lowest BCUT2D eigenvalue weighted by molar-refractivity contribution is -0.195. The molecule has 0 aromatic heterocycles. The van der Waals surface area contributed by atoms with E-state index in [2.05, 4.69) is 0 Å². The van der Waals surface area contributed by atoms with Crippen molar-refractivity contribution in [1.29, 1.82) is 0 Å². The van der Waals surface area contributed by atoms with Gasteiger partial charge in [0.2, 0.25) is 0 Å². The van der Waals surface area contributed by atoms with Crippen molar-refractivity contribution in [1.82, 2.24) is 0 Å². The third-order valence-electron chi connectivity index (χ3n) is 2.76. The standard InChI is InChI=1S/C12H21F3O2/c1-4-6-8-17-11(16)10(7-5-2)9(3)12(13,14)15/h9-10H,4-8H2,1-3H3. The van der Waals surface area contributed by atoms with Crippen LogP contribution in [0.1, 0.15) is 46.5 Å². The van der Waals surface area contributed by atoms with Gasteiger partial charge in [-0.25, -0.2) is 0 Å². The Labute approximate surface area is 101 Å². The molecule has 0 amide bonds. The summed E-state index contributed by atoms with van der Waals surface area (Å²) in [7, 11) is 0. The van der Waals surface area contributed by atoms with Crippen LogP contribution in [0.2, 0.25) is 0 Å². The Morgan fingerprint density at radius 1 is 1.24 bits per heavy atom. The van der Waals surface area contributed by atoms with E-state index >= 15 is 0 Å². The van der Waals surface area contributed by atoms with Gasteiger partial charge in [-0.05, 0) is 12.8 Å². The first-order valence-corrected chi connectivity index (χ1v) is 6.07. The zero-order valence-electron chi connectivity index (χ0n) is 10.6. The molecule has 5 heteroatoms. The summed E-state index contributed by atoms with van der Waals surface area (Å²) in [6.07, 6.45) is -2.06. The number of halogens is 3. The summed E-state index contributed by atoms with van der Waals surface area (Å²) >= 11 is 0. The van der Waals surface area contributed by atoms with Crippen LogP contribution >= 0.6 is 0 Å². The van der Waals surface area contributed by atoms with Crippen molar-refractivity contribution in [2.75, 3.05) is 6.61 Å². The first kappa shape index (κ1) is 16.3. The fraction of sp³-hybridized carbons (Fsp3) is 0.917. The molecule has 0 spiro atoms. The Kier molecular flexibility index (Phi) is 7.23. The smallest absolute Gasteiger partial charge is 0.392 e. The lowest BCUT2D eigenvalue weighted by Gasteiger charge is -2.24. The van der Waals surface area contributed by atoms with E-state index in [-0.39, 0.29) is 13.0 Å². The fourth-order valence-corrected chi connectivity index (χ4v) is 1.54. The number of hydrogen-bond acceptors (Lipinski definition) is 2. The summed E-state index contributed by atoms with van der Waals surface area (Å²) in [5.41, 5.74) is 0. The molecule has 0 aliphatic rings. The van der Waals surface area contributed by atoms with Crippen LogP contribution in [-0.4, -0.2) is 18.8 Å². The molecule has 0 aliphatic carbocycles. The molecule has 2 nitrogen and oxygen atoms in total. The molecule has 0 saturated carbocycles. The van der Waals surface area contributed by atoms with Gasteiger partial charge in [-0.3, -0.25) is 4.79 Å². The minimum atomic E-state index is -4.34. The normalized spacial score (nSPS) is 15.4. The first-order chi connectivity index (χ1) is 7.84. The van der Waals surface area contributed by atoms with Crippen molar-refractivity contribution in [2.45, 2.75) is 52.6 Å². The first-order valence-electron chi connectivity index (χ1n) is 6.07. The van der Waals surface area contributed by atoms with E-state index in [1.54, 1.807) is 6.92 Å². The Bertz CT molecular complexity index is 226. The second-order valence-electron chi connectivity index (χ2n) is 4.25. The number of rotatable bonds is 7. The predicted octanol–water partition coefficient (Wildman–Crippen LogP) is 3.94. The summed E-state index contributed by atoms with van der Waals surface area (Å²) in [6.45, 7) is 4.94. The molecule has 0 bridgehead atoms. The highest BCUT2D eigenvalue weighted by atomic mass is 19.4. The minimum Gasteiger partial charge on any atom is -0.465 e. The molecule has 0 rings (SSSR count).